The van der Waals surface area contributed by atoms with Gasteiger partial charge in [-0.2, -0.15) is 0 Å². The Morgan fingerprint density at radius 2 is 1.50 bits per heavy atom. The molecule has 0 aliphatic carbocycles. The molecule has 4 aromatic rings. The number of phenolic OH excluding ortho intramolecular Hbond substituents is 1. The summed E-state index contributed by atoms with van der Waals surface area (Å²) in [5, 5.41) is 19.7. The smallest absolute Gasteiger partial charge is 0.212 e. The summed E-state index contributed by atoms with van der Waals surface area (Å²) in [6, 6.07) is 17.5. The maximum absolute atomic E-state index is 14.0. The van der Waals surface area contributed by atoms with Crippen molar-refractivity contribution in [1.29, 1.82) is 0 Å². The van der Waals surface area contributed by atoms with Gasteiger partial charge in [0.25, 0.3) is 0 Å². The zero-order valence-corrected chi connectivity index (χ0v) is 21.3. The van der Waals surface area contributed by atoms with E-state index in [2.05, 4.69) is 44.8 Å². The van der Waals surface area contributed by atoms with Crippen molar-refractivity contribution in [1.82, 2.24) is 15.0 Å². The Hall–Kier alpha value is -3.19. The minimum absolute atomic E-state index is 0.0530. The maximum atomic E-state index is 14.0. The highest BCUT2D eigenvalue weighted by molar-refractivity contribution is 7.91. The topological polar surface area (TPSA) is 85.1 Å². The Bertz CT molecular complexity index is 1450. The van der Waals surface area contributed by atoms with Crippen molar-refractivity contribution in [3.05, 3.63) is 71.8 Å². The van der Waals surface area contributed by atoms with Crippen molar-refractivity contribution in [2.24, 2.45) is 5.41 Å². The summed E-state index contributed by atoms with van der Waals surface area (Å²) >= 11 is 0. The summed E-state index contributed by atoms with van der Waals surface area (Å²) in [5.74, 6) is -0.275. The number of hydrogen-bond donors (Lipinski definition) is 1. The van der Waals surface area contributed by atoms with Gasteiger partial charge < -0.3 is 5.11 Å². The SMILES string of the molecule is Cc1cccc(-n2nc3ccccc3n2)c1S(=O)(=O)c1cc(C(C)(C)CC(C)(C)C)ccc1O. The lowest BCUT2D eigenvalue weighted by atomic mass is 9.72. The van der Waals surface area contributed by atoms with Gasteiger partial charge in [0.2, 0.25) is 9.84 Å². The molecule has 0 saturated heterocycles. The van der Waals surface area contributed by atoms with Crippen molar-refractivity contribution >= 4 is 20.9 Å². The molecule has 1 N–H and O–H groups in total. The molecule has 0 unspecified atom stereocenters. The fourth-order valence-corrected chi connectivity index (χ4v) is 6.56. The number of aryl methyl sites for hydroxylation is 1. The molecular weight excluding hydrogens is 446 g/mol. The lowest BCUT2D eigenvalue weighted by Crippen LogP contribution is -2.25. The predicted molar refractivity (Wildman–Crippen MR) is 134 cm³/mol. The third kappa shape index (κ3) is 4.44. The van der Waals surface area contributed by atoms with Crippen LogP contribution in [0, 0.1) is 12.3 Å². The van der Waals surface area contributed by atoms with Crippen molar-refractivity contribution in [3.8, 4) is 11.4 Å². The molecule has 0 aliphatic rings. The molecule has 3 aromatic carbocycles. The van der Waals surface area contributed by atoms with Crippen LogP contribution >= 0.6 is 0 Å². The van der Waals surface area contributed by atoms with E-state index < -0.39 is 9.84 Å². The fraction of sp³-hybridized carbons (Fsp3) is 0.333. The summed E-state index contributed by atoms with van der Waals surface area (Å²) in [5.41, 5.74) is 2.86. The number of fused-ring (bicyclic) bond motifs is 1. The normalized spacial score (nSPS) is 12.9. The highest BCUT2D eigenvalue weighted by atomic mass is 32.2. The van der Waals surface area contributed by atoms with E-state index in [4.69, 9.17) is 0 Å². The van der Waals surface area contributed by atoms with Crippen LogP contribution in [0.25, 0.3) is 16.7 Å². The summed E-state index contributed by atoms with van der Waals surface area (Å²) in [4.78, 5) is 1.32. The van der Waals surface area contributed by atoms with E-state index in [9.17, 15) is 13.5 Å². The first-order chi connectivity index (χ1) is 15.8. The average Bonchev–Trinajstić information content (AvgIpc) is 3.16. The molecule has 1 heterocycles. The maximum Gasteiger partial charge on any atom is 0.212 e. The highest BCUT2D eigenvalue weighted by Crippen LogP contribution is 2.40. The molecule has 178 valence electrons. The van der Waals surface area contributed by atoms with E-state index in [1.165, 1.54) is 10.9 Å². The average molecular weight is 478 g/mol. The van der Waals surface area contributed by atoms with Gasteiger partial charge in [0.05, 0.1) is 0 Å². The fourth-order valence-electron chi connectivity index (χ4n) is 4.80. The Labute approximate surface area is 201 Å². The zero-order chi connectivity index (χ0) is 24.9. The van der Waals surface area contributed by atoms with Crippen LogP contribution in [0.4, 0.5) is 0 Å². The molecule has 0 aliphatic heterocycles. The predicted octanol–water partition coefficient (Wildman–Crippen LogP) is 5.98. The van der Waals surface area contributed by atoms with Crippen LogP contribution in [0.1, 0.15) is 52.2 Å². The first kappa shape index (κ1) is 24.0. The molecular formula is C27H31N3O3S. The van der Waals surface area contributed by atoms with Crippen molar-refractivity contribution in [2.45, 2.75) is 63.2 Å². The summed E-state index contributed by atoms with van der Waals surface area (Å²) < 4.78 is 28.0. The van der Waals surface area contributed by atoms with E-state index >= 15 is 0 Å². The number of aromatic nitrogens is 3. The molecule has 0 atom stereocenters. The second-order valence-electron chi connectivity index (χ2n) is 10.7. The molecule has 7 heteroatoms. The molecule has 1 aromatic heterocycles. The molecule has 0 bridgehead atoms. The van der Waals surface area contributed by atoms with Gasteiger partial charge in [-0.15, -0.1) is 15.0 Å². The van der Waals surface area contributed by atoms with Crippen molar-refractivity contribution in [3.63, 3.8) is 0 Å². The second kappa shape index (κ2) is 8.24. The van der Waals surface area contributed by atoms with Gasteiger partial charge in [0.15, 0.2) is 0 Å². The van der Waals surface area contributed by atoms with E-state index in [0.717, 1.165) is 12.0 Å². The lowest BCUT2D eigenvalue weighted by Gasteiger charge is -2.33. The van der Waals surface area contributed by atoms with Crippen molar-refractivity contribution in [2.75, 3.05) is 0 Å². The van der Waals surface area contributed by atoms with Gasteiger partial charge in [-0.1, -0.05) is 65.0 Å². The molecule has 0 fully saturated rings. The first-order valence-electron chi connectivity index (χ1n) is 11.3. The number of hydrogen-bond acceptors (Lipinski definition) is 5. The zero-order valence-electron chi connectivity index (χ0n) is 20.5. The van der Waals surface area contributed by atoms with Gasteiger partial charge in [-0.05, 0) is 65.6 Å². The highest BCUT2D eigenvalue weighted by Gasteiger charge is 2.32. The van der Waals surface area contributed by atoms with Crippen molar-refractivity contribution < 1.29 is 13.5 Å². The molecule has 0 amide bonds. The number of rotatable bonds is 5. The third-order valence-corrected chi connectivity index (χ3v) is 7.94. The van der Waals surface area contributed by atoms with E-state index in [1.807, 2.05) is 24.3 Å². The van der Waals surface area contributed by atoms with Crippen LogP contribution in [-0.4, -0.2) is 28.5 Å². The van der Waals surface area contributed by atoms with E-state index in [-0.39, 0.29) is 26.4 Å². The van der Waals surface area contributed by atoms with Crippen LogP contribution in [0.2, 0.25) is 0 Å². The van der Waals surface area contributed by atoms with E-state index in [0.29, 0.717) is 22.3 Å². The molecule has 0 saturated carbocycles. The number of benzene rings is 3. The summed E-state index contributed by atoms with van der Waals surface area (Å²) in [7, 11) is -4.09. The Balaban J connectivity index is 1.90. The van der Waals surface area contributed by atoms with Crippen LogP contribution in [0.3, 0.4) is 0 Å². The van der Waals surface area contributed by atoms with Gasteiger partial charge in [-0.3, -0.25) is 0 Å². The Morgan fingerprint density at radius 1 is 0.882 bits per heavy atom. The molecule has 4 rings (SSSR count). The molecule has 0 radical (unpaired) electrons. The molecule has 0 spiro atoms. The number of sulfone groups is 1. The third-order valence-electron chi connectivity index (χ3n) is 5.97. The summed E-state index contributed by atoms with van der Waals surface area (Å²) in [6.07, 6.45) is 0.851. The largest absolute Gasteiger partial charge is 0.507 e. The standard InChI is InChI=1S/C27H31N3O3S/c1-18-10-9-13-22(30-28-20-11-7-8-12-21(20)29-30)25(18)34(32,33)24-16-19(14-15-23(24)31)27(5,6)17-26(2,3)4/h7-16,31H,17H2,1-6H3. The second-order valence-corrected chi connectivity index (χ2v) is 12.6. The van der Waals surface area contributed by atoms with Gasteiger partial charge in [0.1, 0.15) is 32.3 Å². The van der Waals surface area contributed by atoms with Crippen LogP contribution in [0.5, 0.6) is 5.75 Å². The quantitative estimate of drug-likeness (QED) is 0.382. The van der Waals surface area contributed by atoms with Crippen LogP contribution in [0.15, 0.2) is 70.5 Å². The van der Waals surface area contributed by atoms with Gasteiger partial charge in [-0.25, -0.2) is 8.42 Å². The molecule has 6 nitrogen and oxygen atoms in total. The Morgan fingerprint density at radius 3 is 2.09 bits per heavy atom. The van der Waals surface area contributed by atoms with Gasteiger partial charge >= 0.3 is 0 Å². The molecule has 34 heavy (non-hydrogen) atoms. The number of aromatic hydroxyl groups is 1. The van der Waals surface area contributed by atoms with Gasteiger partial charge in [0, 0.05) is 0 Å². The minimum Gasteiger partial charge on any atom is -0.507 e. The Kier molecular flexibility index (Phi) is 5.80. The monoisotopic (exact) mass is 477 g/mol. The van der Waals surface area contributed by atoms with Crippen LogP contribution < -0.4 is 0 Å². The first-order valence-corrected chi connectivity index (χ1v) is 12.8. The summed E-state index contributed by atoms with van der Waals surface area (Å²) in [6.45, 7) is 12.4. The van der Waals surface area contributed by atoms with E-state index in [1.54, 1.807) is 37.3 Å². The number of phenols is 1. The lowest BCUT2D eigenvalue weighted by molar-refractivity contribution is 0.283. The minimum atomic E-state index is -4.09. The van der Waals surface area contributed by atoms with Crippen LogP contribution in [-0.2, 0) is 15.3 Å². The number of nitrogens with zero attached hydrogens (tertiary/aromatic N) is 3.